The Morgan fingerprint density at radius 2 is 1.12 bits per heavy atom. The molecule has 0 amide bonds. The van der Waals surface area contributed by atoms with Gasteiger partial charge in [0, 0.05) is 12.8 Å². The quantitative estimate of drug-likeness (QED) is 0.0151. The number of unbranched alkanes of at least 4 members (excludes halogenated alkanes) is 19. The number of likely N-dealkylation sites (N-methyl/N-ethyl adjacent to an activating group) is 1. The lowest BCUT2D eigenvalue weighted by atomic mass is 10.0. The minimum Gasteiger partial charge on any atom is -0.756 e. The van der Waals surface area contributed by atoms with E-state index >= 15 is 0 Å². The predicted octanol–water partition coefficient (Wildman–Crippen LogP) is 10.8. The van der Waals surface area contributed by atoms with E-state index in [4.69, 9.17) is 18.5 Å². The Hall–Kier alpha value is -2.11. The highest BCUT2D eigenvalue weighted by Crippen LogP contribution is 2.38. The molecular weight excluding hydrogens is 781 g/mol. The first kappa shape index (κ1) is 57.9. The minimum atomic E-state index is -4.70. The maximum Gasteiger partial charge on any atom is 0.306 e. The summed E-state index contributed by atoms with van der Waals surface area (Å²) in [6, 6.07) is 0. The number of aliphatic hydroxyl groups is 2. The zero-order valence-corrected chi connectivity index (χ0v) is 39.5. The molecule has 4 atom stereocenters. The second-order valence-corrected chi connectivity index (χ2v) is 18.6. The van der Waals surface area contributed by atoms with Crippen LogP contribution >= 0.6 is 7.82 Å². The number of aliphatic hydroxyl groups excluding tert-OH is 2. The summed E-state index contributed by atoms with van der Waals surface area (Å²) in [4.78, 5) is 37.6. The summed E-state index contributed by atoms with van der Waals surface area (Å²) >= 11 is 0. The maximum absolute atomic E-state index is 12.7. The third-order valence-corrected chi connectivity index (χ3v) is 11.0. The van der Waals surface area contributed by atoms with Gasteiger partial charge in [0.05, 0.1) is 40.0 Å². The number of carbonyl (C=O) groups excluding carboxylic acids is 2. The van der Waals surface area contributed by atoms with Gasteiger partial charge in [-0.05, 0) is 38.5 Å². The Morgan fingerprint density at radius 3 is 1.67 bits per heavy atom. The van der Waals surface area contributed by atoms with Crippen molar-refractivity contribution in [2.45, 2.75) is 199 Å². The number of allylic oxidation sites excluding steroid dienone is 5. The first-order valence-electron chi connectivity index (χ1n) is 23.6. The van der Waals surface area contributed by atoms with E-state index in [-0.39, 0.29) is 26.1 Å². The Bertz CT molecular complexity index is 1200. The number of phosphoric ester groups is 1. The van der Waals surface area contributed by atoms with Crippen molar-refractivity contribution in [2.75, 3.05) is 47.5 Å². The van der Waals surface area contributed by atoms with Gasteiger partial charge in [-0.25, -0.2) is 0 Å². The summed E-state index contributed by atoms with van der Waals surface area (Å²) in [6.07, 6.45) is 39.1. The van der Waals surface area contributed by atoms with Crippen LogP contribution in [0.15, 0.2) is 48.6 Å². The van der Waals surface area contributed by atoms with Crippen LogP contribution in [-0.4, -0.2) is 92.5 Å². The summed E-state index contributed by atoms with van der Waals surface area (Å²) in [5.74, 6) is -1.07. The van der Waals surface area contributed by atoms with Gasteiger partial charge in [-0.3, -0.25) is 14.2 Å². The van der Waals surface area contributed by atoms with Gasteiger partial charge < -0.3 is 38.1 Å². The molecule has 2 N–H and O–H groups in total. The molecule has 0 heterocycles. The van der Waals surface area contributed by atoms with Crippen LogP contribution < -0.4 is 4.89 Å². The Labute approximate surface area is 366 Å². The van der Waals surface area contributed by atoms with Gasteiger partial charge in [-0.1, -0.05) is 178 Å². The average Bonchev–Trinajstić information content (AvgIpc) is 3.19. The molecule has 60 heavy (non-hydrogen) atoms. The number of ether oxygens (including phenoxy) is 2. The largest absolute Gasteiger partial charge is 0.756 e. The van der Waals surface area contributed by atoms with E-state index in [1.54, 1.807) is 36.5 Å². The highest BCUT2D eigenvalue weighted by atomic mass is 31.2. The fraction of sp³-hybridized carbons (Fsp3) is 0.792. The second kappa shape index (κ2) is 39.7. The van der Waals surface area contributed by atoms with Crippen molar-refractivity contribution >= 4 is 19.8 Å². The number of phosphoric acid groups is 1. The topological polar surface area (TPSA) is 152 Å². The average molecular weight is 870 g/mol. The highest BCUT2D eigenvalue weighted by Gasteiger charge is 2.22. The number of hydrogen-bond donors (Lipinski definition) is 2. The molecule has 0 aliphatic heterocycles. The molecule has 0 saturated carbocycles. The summed E-state index contributed by atoms with van der Waals surface area (Å²) in [5.41, 5.74) is 0. The molecule has 0 saturated heterocycles. The molecule has 11 nitrogen and oxygen atoms in total. The Kier molecular flexibility index (Phi) is 38.3. The SMILES string of the molecule is CCCCC/C=C\C[C@H](O)/C=C/C=C/C=C\[C@H](O)CCCC(=O)O[C@H](COC(=O)CCCCCCCCCCCCCCCCCCC)COP(=O)([O-])OCC[N+](C)(C)C. The minimum absolute atomic E-state index is 0.0346. The molecule has 0 bridgehead atoms. The van der Waals surface area contributed by atoms with Gasteiger partial charge in [0.1, 0.15) is 19.8 Å². The van der Waals surface area contributed by atoms with E-state index in [0.717, 1.165) is 25.7 Å². The fourth-order valence-corrected chi connectivity index (χ4v) is 6.99. The lowest BCUT2D eigenvalue weighted by Crippen LogP contribution is -2.37. The van der Waals surface area contributed by atoms with Crippen LogP contribution in [0.5, 0.6) is 0 Å². The predicted molar refractivity (Wildman–Crippen MR) is 243 cm³/mol. The van der Waals surface area contributed by atoms with Crippen LogP contribution in [0, 0.1) is 0 Å². The molecule has 0 rings (SSSR count). The van der Waals surface area contributed by atoms with Crippen LogP contribution in [-0.2, 0) is 32.7 Å². The first-order valence-corrected chi connectivity index (χ1v) is 25.0. The molecule has 1 unspecified atom stereocenters. The van der Waals surface area contributed by atoms with Crippen molar-refractivity contribution < 1.29 is 52.3 Å². The summed E-state index contributed by atoms with van der Waals surface area (Å²) < 4.78 is 33.7. The summed E-state index contributed by atoms with van der Waals surface area (Å²) in [5, 5.41) is 20.4. The third kappa shape index (κ3) is 42.6. The van der Waals surface area contributed by atoms with Crippen molar-refractivity contribution in [1.29, 1.82) is 0 Å². The van der Waals surface area contributed by atoms with Crippen molar-refractivity contribution in [3.8, 4) is 0 Å². The fourth-order valence-electron chi connectivity index (χ4n) is 6.26. The standard InChI is InChI=1S/C48H88NO10P/c1-6-8-10-12-14-15-16-17-18-19-20-21-22-23-24-26-32-38-47(52)56-42-46(43-58-60(54,55)57-41-40-49(3,4)5)59-48(53)39-33-37-45(51)36-31-28-27-30-35-44(50)34-29-25-13-11-9-7-2/h25,27-31,35-36,44-46,50-51H,6-24,26,32-34,37-43H2,1-5H3/b28-27+,29-25-,35-30+,36-31-/t44-,45-,46+/m0/s1. The van der Waals surface area contributed by atoms with Crippen LogP contribution in [0.25, 0.3) is 0 Å². The molecular formula is C48H88NO10P. The monoisotopic (exact) mass is 870 g/mol. The Morgan fingerprint density at radius 1 is 0.617 bits per heavy atom. The number of hydrogen-bond acceptors (Lipinski definition) is 10. The van der Waals surface area contributed by atoms with E-state index in [0.29, 0.717) is 36.7 Å². The summed E-state index contributed by atoms with van der Waals surface area (Å²) in [7, 11) is 1.01. The van der Waals surface area contributed by atoms with Crippen LogP contribution in [0.3, 0.4) is 0 Å². The second-order valence-electron chi connectivity index (χ2n) is 17.2. The number of rotatable bonds is 42. The van der Waals surface area contributed by atoms with Gasteiger partial charge in [-0.2, -0.15) is 0 Å². The van der Waals surface area contributed by atoms with E-state index in [9.17, 15) is 29.3 Å². The van der Waals surface area contributed by atoms with Crippen LogP contribution in [0.2, 0.25) is 0 Å². The van der Waals surface area contributed by atoms with Crippen LogP contribution in [0.1, 0.15) is 181 Å². The van der Waals surface area contributed by atoms with Crippen LogP contribution in [0.4, 0.5) is 0 Å². The van der Waals surface area contributed by atoms with Gasteiger partial charge >= 0.3 is 11.9 Å². The van der Waals surface area contributed by atoms with Crippen molar-refractivity contribution in [1.82, 2.24) is 0 Å². The molecule has 0 spiro atoms. The van der Waals surface area contributed by atoms with Gasteiger partial charge in [0.2, 0.25) is 0 Å². The number of esters is 2. The van der Waals surface area contributed by atoms with Crippen molar-refractivity contribution in [3.63, 3.8) is 0 Å². The van der Waals surface area contributed by atoms with Crippen molar-refractivity contribution in [3.05, 3.63) is 48.6 Å². The highest BCUT2D eigenvalue weighted by molar-refractivity contribution is 7.45. The van der Waals surface area contributed by atoms with Gasteiger partial charge in [-0.15, -0.1) is 0 Å². The number of nitrogens with zero attached hydrogens (tertiary/aromatic N) is 1. The first-order chi connectivity index (χ1) is 28.8. The number of carbonyl (C=O) groups is 2. The van der Waals surface area contributed by atoms with E-state index < -0.39 is 44.7 Å². The lowest BCUT2D eigenvalue weighted by Gasteiger charge is -2.28. The molecule has 0 aromatic heterocycles. The zero-order valence-electron chi connectivity index (χ0n) is 38.6. The van der Waals surface area contributed by atoms with E-state index in [1.165, 1.54) is 103 Å². The molecule has 0 aromatic carbocycles. The molecule has 350 valence electrons. The Balaban J connectivity index is 4.56. The zero-order chi connectivity index (χ0) is 44.6. The molecule has 0 aromatic rings. The van der Waals surface area contributed by atoms with Gasteiger partial charge in [0.25, 0.3) is 7.82 Å². The smallest absolute Gasteiger partial charge is 0.306 e. The van der Waals surface area contributed by atoms with E-state index in [2.05, 4.69) is 19.9 Å². The van der Waals surface area contributed by atoms with Gasteiger partial charge in [0.15, 0.2) is 6.10 Å². The van der Waals surface area contributed by atoms with E-state index in [1.807, 2.05) is 27.2 Å². The molecule has 0 fully saturated rings. The molecule has 0 aliphatic rings. The molecule has 0 radical (unpaired) electrons. The number of quaternary nitrogens is 1. The maximum atomic E-state index is 12.7. The molecule has 0 aliphatic carbocycles. The normalized spacial score (nSPS) is 15.0. The summed E-state index contributed by atoms with van der Waals surface area (Å²) in [6.45, 7) is 3.89. The molecule has 12 heteroatoms. The third-order valence-electron chi connectivity index (χ3n) is 10.0. The van der Waals surface area contributed by atoms with Crippen molar-refractivity contribution in [2.24, 2.45) is 0 Å². The lowest BCUT2D eigenvalue weighted by molar-refractivity contribution is -0.870.